The number of nitrogens with zero attached hydrogens (tertiary/aromatic N) is 5. The molecule has 28 heavy (non-hydrogen) atoms. The Labute approximate surface area is 158 Å². The van der Waals surface area contributed by atoms with E-state index >= 15 is 0 Å². The molecule has 0 bridgehead atoms. The van der Waals surface area contributed by atoms with Gasteiger partial charge >= 0.3 is 0 Å². The van der Waals surface area contributed by atoms with Crippen molar-refractivity contribution in [2.24, 2.45) is 0 Å². The molecule has 0 saturated heterocycles. The third kappa shape index (κ3) is 3.50. The molecule has 1 N–H and O–H groups in total. The van der Waals surface area contributed by atoms with Gasteiger partial charge in [0.2, 0.25) is 5.91 Å². The molecule has 2 aromatic heterocycles. The maximum absolute atomic E-state index is 13.1. The topological polar surface area (TPSA) is 94.7 Å². The molecule has 0 spiro atoms. The summed E-state index contributed by atoms with van der Waals surface area (Å²) in [6.07, 6.45) is 1.36. The first-order valence-corrected chi connectivity index (χ1v) is 8.50. The van der Waals surface area contributed by atoms with E-state index in [-0.39, 0.29) is 29.3 Å². The van der Waals surface area contributed by atoms with Crippen molar-refractivity contribution < 1.29 is 9.18 Å². The largest absolute Gasteiger partial charge is 0.350 e. The zero-order chi connectivity index (χ0) is 19.5. The number of hydrogen-bond donors (Lipinski definition) is 1. The SMILES string of the molecule is O=C(Cn1nnc2c(cnn2-c2ccc(F)cc2)c1=O)NCc1ccccc1. The third-order valence-corrected chi connectivity index (χ3v) is 4.15. The zero-order valence-corrected chi connectivity index (χ0v) is 14.6. The van der Waals surface area contributed by atoms with Gasteiger partial charge in [0.15, 0.2) is 5.65 Å². The molecule has 0 atom stereocenters. The van der Waals surface area contributed by atoms with Crippen LogP contribution in [-0.2, 0) is 17.9 Å². The highest BCUT2D eigenvalue weighted by molar-refractivity contribution is 5.77. The number of carbonyl (C=O) groups is 1. The Morgan fingerprint density at radius 2 is 1.82 bits per heavy atom. The van der Waals surface area contributed by atoms with Crippen LogP contribution in [0, 0.1) is 5.82 Å². The second kappa shape index (κ2) is 7.39. The molecule has 9 heteroatoms. The van der Waals surface area contributed by atoms with E-state index in [2.05, 4.69) is 20.7 Å². The minimum absolute atomic E-state index is 0.218. The second-order valence-electron chi connectivity index (χ2n) is 6.08. The van der Waals surface area contributed by atoms with E-state index in [0.29, 0.717) is 12.2 Å². The van der Waals surface area contributed by atoms with Crippen LogP contribution in [0.15, 0.2) is 65.6 Å². The quantitative estimate of drug-likeness (QED) is 0.567. The molecule has 4 rings (SSSR count). The fraction of sp³-hybridized carbons (Fsp3) is 0.105. The van der Waals surface area contributed by atoms with Gasteiger partial charge in [0, 0.05) is 6.54 Å². The van der Waals surface area contributed by atoms with Gasteiger partial charge in [0.1, 0.15) is 17.7 Å². The van der Waals surface area contributed by atoms with Gasteiger partial charge < -0.3 is 5.32 Å². The minimum atomic E-state index is -0.478. The van der Waals surface area contributed by atoms with Crippen molar-refractivity contribution in [2.75, 3.05) is 0 Å². The lowest BCUT2D eigenvalue weighted by Crippen LogP contribution is -2.34. The lowest BCUT2D eigenvalue weighted by Gasteiger charge is -2.06. The predicted molar refractivity (Wildman–Crippen MR) is 99.2 cm³/mol. The second-order valence-corrected chi connectivity index (χ2v) is 6.08. The summed E-state index contributed by atoms with van der Waals surface area (Å²) in [7, 11) is 0. The summed E-state index contributed by atoms with van der Waals surface area (Å²) in [5, 5.41) is 14.9. The molecule has 0 aliphatic heterocycles. The molecule has 2 heterocycles. The first kappa shape index (κ1) is 17.5. The summed E-state index contributed by atoms with van der Waals surface area (Å²) >= 11 is 0. The number of amides is 1. The molecule has 4 aromatic rings. The molecule has 0 aliphatic rings. The van der Waals surface area contributed by atoms with E-state index in [1.165, 1.54) is 35.1 Å². The van der Waals surface area contributed by atoms with E-state index in [1.807, 2.05) is 30.3 Å². The highest BCUT2D eigenvalue weighted by Crippen LogP contribution is 2.13. The number of aromatic nitrogens is 5. The molecule has 140 valence electrons. The van der Waals surface area contributed by atoms with E-state index in [4.69, 9.17) is 0 Å². The lowest BCUT2D eigenvalue weighted by atomic mass is 10.2. The van der Waals surface area contributed by atoms with Gasteiger partial charge in [-0.05, 0) is 29.8 Å². The Morgan fingerprint density at radius 3 is 2.57 bits per heavy atom. The number of hydrogen-bond acceptors (Lipinski definition) is 5. The molecular weight excluding hydrogens is 363 g/mol. The molecule has 0 radical (unpaired) electrons. The Morgan fingerprint density at radius 1 is 1.07 bits per heavy atom. The fourth-order valence-electron chi connectivity index (χ4n) is 2.73. The summed E-state index contributed by atoms with van der Waals surface area (Å²) in [6, 6.07) is 15.0. The van der Waals surface area contributed by atoms with Gasteiger partial charge in [-0.15, -0.1) is 5.10 Å². The normalized spacial score (nSPS) is 10.9. The van der Waals surface area contributed by atoms with Gasteiger partial charge in [0.05, 0.1) is 11.9 Å². The number of halogens is 1. The van der Waals surface area contributed by atoms with Crippen molar-refractivity contribution in [3.63, 3.8) is 0 Å². The molecule has 8 nitrogen and oxygen atoms in total. The van der Waals surface area contributed by atoms with Crippen LogP contribution in [0.1, 0.15) is 5.56 Å². The zero-order valence-electron chi connectivity index (χ0n) is 14.6. The van der Waals surface area contributed by atoms with Crippen molar-refractivity contribution in [1.82, 2.24) is 30.1 Å². The van der Waals surface area contributed by atoms with Crippen LogP contribution in [-0.4, -0.2) is 30.7 Å². The molecule has 0 unspecified atom stereocenters. The van der Waals surface area contributed by atoms with Crippen molar-refractivity contribution in [2.45, 2.75) is 13.1 Å². The van der Waals surface area contributed by atoms with Crippen molar-refractivity contribution in [3.05, 3.63) is 82.5 Å². The minimum Gasteiger partial charge on any atom is -0.350 e. The highest BCUT2D eigenvalue weighted by Gasteiger charge is 2.14. The lowest BCUT2D eigenvalue weighted by molar-refractivity contribution is -0.122. The van der Waals surface area contributed by atoms with Gasteiger partial charge in [-0.1, -0.05) is 35.5 Å². The average Bonchev–Trinajstić information content (AvgIpc) is 3.15. The Kier molecular flexibility index (Phi) is 4.63. The van der Waals surface area contributed by atoms with Gasteiger partial charge in [-0.25, -0.2) is 13.8 Å². The van der Waals surface area contributed by atoms with Crippen molar-refractivity contribution in [1.29, 1.82) is 0 Å². The molecule has 1 amide bonds. The van der Waals surface area contributed by atoms with Crippen LogP contribution in [0.3, 0.4) is 0 Å². The summed E-state index contributed by atoms with van der Waals surface area (Å²) in [5.41, 5.74) is 1.25. The van der Waals surface area contributed by atoms with Gasteiger partial charge in [-0.2, -0.15) is 5.10 Å². The maximum atomic E-state index is 13.1. The van der Waals surface area contributed by atoms with Crippen LogP contribution in [0.25, 0.3) is 16.7 Å². The molecular formula is C19H15FN6O2. The number of fused-ring (bicyclic) bond motifs is 1. The Balaban J connectivity index is 1.54. The van der Waals surface area contributed by atoms with E-state index in [0.717, 1.165) is 10.2 Å². The van der Waals surface area contributed by atoms with Crippen molar-refractivity contribution in [3.8, 4) is 5.69 Å². The van der Waals surface area contributed by atoms with E-state index < -0.39 is 5.56 Å². The first-order valence-electron chi connectivity index (χ1n) is 8.50. The average molecular weight is 378 g/mol. The predicted octanol–water partition coefficient (Wildman–Crippen LogP) is 1.43. The van der Waals surface area contributed by atoms with Crippen LogP contribution in [0.2, 0.25) is 0 Å². The molecule has 0 fully saturated rings. The van der Waals surface area contributed by atoms with Crippen molar-refractivity contribution >= 4 is 16.9 Å². The maximum Gasteiger partial charge on any atom is 0.281 e. The molecule has 2 aromatic carbocycles. The Hall–Kier alpha value is -3.88. The summed E-state index contributed by atoms with van der Waals surface area (Å²) in [4.78, 5) is 24.7. The number of benzene rings is 2. The smallest absolute Gasteiger partial charge is 0.281 e. The van der Waals surface area contributed by atoms with Crippen LogP contribution < -0.4 is 10.9 Å². The van der Waals surface area contributed by atoms with E-state index in [1.54, 1.807) is 0 Å². The summed E-state index contributed by atoms with van der Waals surface area (Å²) in [5.74, 6) is -0.735. The molecule has 0 saturated carbocycles. The number of rotatable bonds is 5. The van der Waals surface area contributed by atoms with Crippen LogP contribution in [0.4, 0.5) is 4.39 Å². The third-order valence-electron chi connectivity index (χ3n) is 4.15. The van der Waals surface area contributed by atoms with Crippen LogP contribution >= 0.6 is 0 Å². The highest BCUT2D eigenvalue weighted by atomic mass is 19.1. The molecule has 0 aliphatic carbocycles. The van der Waals surface area contributed by atoms with Crippen LogP contribution in [0.5, 0.6) is 0 Å². The first-order chi connectivity index (χ1) is 13.6. The monoisotopic (exact) mass is 378 g/mol. The summed E-state index contributed by atoms with van der Waals surface area (Å²) in [6.45, 7) is 0.100. The number of nitrogens with one attached hydrogen (secondary N) is 1. The van der Waals surface area contributed by atoms with Gasteiger partial charge in [-0.3, -0.25) is 9.59 Å². The standard InChI is InChI=1S/C19H15FN6O2/c20-14-6-8-15(9-7-14)26-18-16(11-22-26)19(28)25(24-23-18)12-17(27)21-10-13-4-2-1-3-5-13/h1-9,11H,10,12H2,(H,21,27). The van der Waals surface area contributed by atoms with E-state index in [9.17, 15) is 14.0 Å². The summed E-state index contributed by atoms with van der Waals surface area (Å²) < 4.78 is 15.5. The fourth-order valence-corrected chi connectivity index (χ4v) is 2.73. The number of carbonyl (C=O) groups excluding carboxylic acids is 1. The Bertz CT molecular complexity index is 1180. The van der Waals surface area contributed by atoms with Gasteiger partial charge in [0.25, 0.3) is 5.56 Å².